The van der Waals surface area contributed by atoms with E-state index >= 15 is 0 Å². The van der Waals surface area contributed by atoms with Gasteiger partial charge in [-0.05, 0) is 37.6 Å². The van der Waals surface area contributed by atoms with Crippen LogP contribution in [0.25, 0.3) is 4.91 Å². The molecule has 0 spiro atoms. The van der Waals surface area contributed by atoms with E-state index in [0.29, 0.717) is 5.69 Å². The van der Waals surface area contributed by atoms with Crippen LogP contribution in [0.4, 0.5) is 24.8 Å². The van der Waals surface area contributed by atoms with E-state index in [1.165, 1.54) is 18.0 Å². The van der Waals surface area contributed by atoms with E-state index in [4.69, 9.17) is 0 Å². The van der Waals surface area contributed by atoms with E-state index in [1.807, 2.05) is 18.1 Å². The zero-order valence-corrected chi connectivity index (χ0v) is 18.4. The highest BCUT2D eigenvalue weighted by atomic mass is 32.2. The summed E-state index contributed by atoms with van der Waals surface area (Å²) in [6.07, 6.45) is -0.375. The summed E-state index contributed by atoms with van der Waals surface area (Å²) in [4.78, 5) is 10.1. The summed E-state index contributed by atoms with van der Waals surface area (Å²) in [5.41, 5.74) is 0.379. The Balaban J connectivity index is 1.75. The number of alkyl halides is 3. The van der Waals surface area contributed by atoms with Crippen LogP contribution in [0, 0.1) is 0 Å². The van der Waals surface area contributed by atoms with Crippen LogP contribution >= 0.6 is 11.8 Å². The lowest BCUT2D eigenvalue weighted by atomic mass is 10.2. The van der Waals surface area contributed by atoms with Gasteiger partial charge in [0, 0.05) is 36.3 Å². The van der Waals surface area contributed by atoms with E-state index < -0.39 is 26.5 Å². The highest BCUT2D eigenvalue weighted by Crippen LogP contribution is 2.45. The van der Waals surface area contributed by atoms with Crippen molar-refractivity contribution in [2.75, 3.05) is 18.6 Å². The largest absolute Gasteiger partial charge is 0.433 e. The number of nitrogens with zero attached hydrogens (tertiary/aromatic N) is 3. The van der Waals surface area contributed by atoms with Crippen molar-refractivity contribution in [1.29, 1.82) is 0 Å². The van der Waals surface area contributed by atoms with Gasteiger partial charge in [-0.2, -0.15) is 13.2 Å². The summed E-state index contributed by atoms with van der Waals surface area (Å²) < 4.78 is 61.8. The second kappa shape index (κ2) is 7.77. The minimum atomic E-state index is -4.54. The molecule has 1 N–H and O–H groups in total. The predicted octanol–water partition coefficient (Wildman–Crippen LogP) is 4.37. The van der Waals surface area contributed by atoms with Gasteiger partial charge in [0.2, 0.25) is 5.95 Å². The Kier molecular flexibility index (Phi) is 5.80. The third-order valence-electron chi connectivity index (χ3n) is 4.85. The number of hydrogen-bond donors (Lipinski definition) is 1. The van der Waals surface area contributed by atoms with E-state index in [9.17, 15) is 21.6 Å². The number of halogens is 3. The van der Waals surface area contributed by atoms with E-state index in [2.05, 4.69) is 15.3 Å². The van der Waals surface area contributed by atoms with Crippen LogP contribution in [-0.2, 0) is 16.0 Å². The molecule has 0 saturated carbocycles. The van der Waals surface area contributed by atoms with Gasteiger partial charge in [-0.3, -0.25) is 0 Å². The number of rotatable bonds is 5. The van der Waals surface area contributed by atoms with Gasteiger partial charge < -0.3 is 10.2 Å². The number of nitrogens with one attached hydrogen (secondary N) is 1. The molecule has 0 bridgehead atoms. The molecule has 0 aliphatic carbocycles. The molecule has 2 aromatic rings. The van der Waals surface area contributed by atoms with Crippen molar-refractivity contribution < 1.29 is 21.6 Å². The Bertz CT molecular complexity index is 1070. The van der Waals surface area contributed by atoms with Gasteiger partial charge in [-0.15, -0.1) is 0 Å². The molecule has 2 heterocycles. The fourth-order valence-corrected chi connectivity index (χ4v) is 5.32. The van der Waals surface area contributed by atoms with E-state index in [1.54, 1.807) is 38.1 Å². The minimum Gasteiger partial charge on any atom is -0.366 e. The Morgan fingerprint density at radius 3 is 2.33 bits per heavy atom. The van der Waals surface area contributed by atoms with Crippen molar-refractivity contribution in [3.8, 4) is 0 Å². The van der Waals surface area contributed by atoms with Gasteiger partial charge >= 0.3 is 6.18 Å². The lowest BCUT2D eigenvalue weighted by molar-refractivity contribution is -0.141. The molecular weight excluding hydrogens is 437 g/mol. The van der Waals surface area contributed by atoms with Crippen molar-refractivity contribution in [2.24, 2.45) is 0 Å². The first kappa shape index (κ1) is 22.4. The molecule has 1 atom stereocenters. The number of thioether (sulfide) groups is 1. The summed E-state index contributed by atoms with van der Waals surface area (Å²) in [5, 5.41) is 2.48. The first-order chi connectivity index (χ1) is 13.8. The lowest BCUT2D eigenvalue weighted by Crippen LogP contribution is -2.46. The van der Waals surface area contributed by atoms with Gasteiger partial charge in [0.25, 0.3) is 0 Å². The van der Waals surface area contributed by atoms with Crippen LogP contribution in [0.2, 0.25) is 0 Å². The first-order valence-corrected chi connectivity index (χ1v) is 11.6. The molecule has 30 heavy (non-hydrogen) atoms. The van der Waals surface area contributed by atoms with Crippen molar-refractivity contribution in [3.63, 3.8) is 0 Å². The molecule has 11 heteroatoms. The molecule has 0 radical (unpaired) electrons. The highest BCUT2D eigenvalue weighted by molar-refractivity contribution is 8.09. The van der Waals surface area contributed by atoms with Crippen LogP contribution in [0.15, 0.2) is 42.7 Å². The molecule has 1 aromatic heterocycles. The summed E-state index contributed by atoms with van der Waals surface area (Å²) in [5.74, 6) is -0.151. The standard InChI is InChI=1S/C19H21F3N4O2S2/c1-18(2,30(4,27)28)16-26(3)11-14(29-16)12-5-7-13(8-6-12)24-17-23-10-9-15(25-17)19(20,21)22/h5-11,16H,1-4H3,(H,23,24,25). The maximum Gasteiger partial charge on any atom is 0.433 e. The van der Waals surface area contributed by atoms with Crippen molar-refractivity contribution in [1.82, 2.24) is 14.9 Å². The zero-order chi connectivity index (χ0) is 22.3. The molecule has 162 valence electrons. The quantitative estimate of drug-likeness (QED) is 0.713. The topological polar surface area (TPSA) is 75.2 Å². The lowest BCUT2D eigenvalue weighted by Gasteiger charge is -2.34. The molecule has 1 unspecified atom stereocenters. The van der Waals surface area contributed by atoms with Gasteiger partial charge in [0.05, 0.1) is 10.1 Å². The normalized spacial score (nSPS) is 17.8. The van der Waals surface area contributed by atoms with Crippen molar-refractivity contribution >= 4 is 38.1 Å². The van der Waals surface area contributed by atoms with E-state index in [0.717, 1.165) is 22.7 Å². The zero-order valence-electron chi connectivity index (χ0n) is 16.7. The van der Waals surface area contributed by atoms with Crippen LogP contribution in [0.1, 0.15) is 25.1 Å². The number of aromatic nitrogens is 2. The Morgan fingerprint density at radius 1 is 1.13 bits per heavy atom. The third-order valence-corrected chi connectivity index (χ3v) is 8.88. The van der Waals surface area contributed by atoms with Gasteiger partial charge in [-0.1, -0.05) is 23.9 Å². The summed E-state index contributed by atoms with van der Waals surface area (Å²) in [6, 6.07) is 7.82. The molecule has 1 aliphatic heterocycles. The van der Waals surface area contributed by atoms with Gasteiger partial charge in [0.15, 0.2) is 9.84 Å². The number of benzene rings is 1. The van der Waals surface area contributed by atoms with Crippen LogP contribution in [-0.4, -0.2) is 46.7 Å². The van der Waals surface area contributed by atoms with Crippen LogP contribution in [0.3, 0.4) is 0 Å². The Hall–Kier alpha value is -2.27. The van der Waals surface area contributed by atoms with Crippen LogP contribution in [0.5, 0.6) is 0 Å². The minimum absolute atomic E-state index is 0.151. The van der Waals surface area contributed by atoms with Gasteiger partial charge in [0.1, 0.15) is 5.69 Å². The average molecular weight is 459 g/mol. The second-order valence-corrected chi connectivity index (χ2v) is 11.2. The predicted molar refractivity (Wildman–Crippen MR) is 113 cm³/mol. The molecule has 0 amide bonds. The monoisotopic (exact) mass is 458 g/mol. The first-order valence-electron chi connectivity index (χ1n) is 8.87. The summed E-state index contributed by atoms with van der Waals surface area (Å²) in [6.45, 7) is 3.41. The third kappa shape index (κ3) is 4.56. The highest BCUT2D eigenvalue weighted by Gasteiger charge is 2.44. The van der Waals surface area contributed by atoms with Gasteiger partial charge in [-0.25, -0.2) is 18.4 Å². The molecule has 3 rings (SSSR count). The average Bonchev–Trinajstić information content (AvgIpc) is 3.03. The summed E-state index contributed by atoms with van der Waals surface area (Å²) >= 11 is 1.46. The molecule has 6 nitrogen and oxygen atoms in total. The molecular formula is C19H21F3N4O2S2. The molecule has 1 aromatic carbocycles. The second-order valence-electron chi connectivity index (χ2n) is 7.47. The van der Waals surface area contributed by atoms with Crippen molar-refractivity contribution in [2.45, 2.75) is 30.1 Å². The maximum absolute atomic E-state index is 12.8. The Labute approximate surface area is 177 Å². The molecule has 0 saturated heterocycles. The number of sulfone groups is 1. The summed E-state index contributed by atoms with van der Waals surface area (Å²) in [7, 11) is -1.45. The number of anilines is 2. The maximum atomic E-state index is 12.8. The van der Waals surface area contributed by atoms with Crippen molar-refractivity contribution in [3.05, 3.63) is 54.0 Å². The molecule has 0 fully saturated rings. The number of hydrogen-bond acceptors (Lipinski definition) is 7. The smallest absolute Gasteiger partial charge is 0.366 e. The van der Waals surface area contributed by atoms with E-state index in [-0.39, 0.29) is 11.3 Å². The van der Waals surface area contributed by atoms with Crippen LogP contribution < -0.4 is 5.32 Å². The Morgan fingerprint density at radius 2 is 1.77 bits per heavy atom. The fraction of sp³-hybridized carbons (Fsp3) is 0.368. The fourth-order valence-electron chi connectivity index (χ4n) is 2.87. The molecule has 1 aliphatic rings. The SMILES string of the molecule is CN1C=C(c2ccc(Nc3nccc(C(F)(F)F)n3)cc2)SC1C(C)(C)S(C)(=O)=O.